The lowest BCUT2D eigenvalue weighted by atomic mass is 10.0. The van der Waals surface area contributed by atoms with Gasteiger partial charge in [0.25, 0.3) is 0 Å². The van der Waals surface area contributed by atoms with Crippen LogP contribution in [0.25, 0.3) is 10.9 Å². The Bertz CT molecular complexity index is 1070. The predicted octanol–water partition coefficient (Wildman–Crippen LogP) is -1.94. The smallest absolute Gasteiger partial charge is 0.328 e. The van der Waals surface area contributed by atoms with Crippen LogP contribution in [-0.4, -0.2) is 80.7 Å². The molecule has 0 aliphatic carbocycles. The lowest BCUT2D eigenvalue weighted by Gasteiger charge is -2.22. The third kappa shape index (κ3) is 7.02. The molecule has 0 fully saturated rings. The number of carbonyl (C=O) groups excluding carboxylic acids is 3. The van der Waals surface area contributed by atoms with Gasteiger partial charge in [-0.05, 0) is 25.0 Å². The largest absolute Gasteiger partial charge is 0.481 e. The van der Waals surface area contributed by atoms with E-state index in [9.17, 15) is 24.0 Å². The topological polar surface area (TPSA) is 224 Å². The van der Waals surface area contributed by atoms with Crippen molar-refractivity contribution in [2.24, 2.45) is 5.73 Å². The van der Waals surface area contributed by atoms with Crippen LogP contribution in [0.15, 0.2) is 30.5 Å². The molecule has 0 saturated carbocycles. The van der Waals surface area contributed by atoms with E-state index in [-0.39, 0.29) is 6.42 Å². The molecule has 2 aromatic rings. The number of aliphatic carboxylic acids is 2. The van der Waals surface area contributed by atoms with E-state index >= 15 is 0 Å². The maximum atomic E-state index is 12.6. The summed E-state index contributed by atoms with van der Waals surface area (Å²) in [6, 6.07) is 1.88. The molecule has 0 aliphatic heterocycles. The van der Waals surface area contributed by atoms with Gasteiger partial charge in [0, 0.05) is 17.1 Å². The number of fused-ring (bicyclic) bond motifs is 1. The number of amides is 3. The number of aliphatic hydroxyl groups is 1. The zero-order valence-electron chi connectivity index (χ0n) is 18.3. The summed E-state index contributed by atoms with van der Waals surface area (Å²) in [4.78, 5) is 62.4. The van der Waals surface area contributed by atoms with E-state index in [1.165, 1.54) is 6.92 Å². The molecular weight excluding hydrogens is 450 g/mol. The third-order valence-electron chi connectivity index (χ3n) is 5.01. The molecule has 3 amide bonds. The SMILES string of the molecule is CC(NC(=O)C(CC(=O)O)NC(=O)C(N)Cc1c[nH]c2ccccc12)C(=O)NC(CO)C(=O)O. The van der Waals surface area contributed by atoms with Gasteiger partial charge in [0.05, 0.1) is 19.1 Å². The summed E-state index contributed by atoms with van der Waals surface area (Å²) >= 11 is 0. The Hall–Kier alpha value is -3.97. The summed E-state index contributed by atoms with van der Waals surface area (Å²) in [6.07, 6.45) is 1.05. The molecule has 184 valence electrons. The second-order valence-corrected chi connectivity index (χ2v) is 7.64. The molecule has 0 aliphatic rings. The number of carbonyl (C=O) groups is 5. The van der Waals surface area contributed by atoms with Gasteiger partial charge in [-0.25, -0.2) is 4.79 Å². The molecule has 4 atom stereocenters. The molecule has 9 N–H and O–H groups in total. The van der Waals surface area contributed by atoms with Gasteiger partial charge in [-0.2, -0.15) is 0 Å². The first-order valence-corrected chi connectivity index (χ1v) is 10.3. The van der Waals surface area contributed by atoms with Crippen molar-refractivity contribution in [3.8, 4) is 0 Å². The van der Waals surface area contributed by atoms with Gasteiger partial charge in [0.15, 0.2) is 0 Å². The lowest BCUT2D eigenvalue weighted by Crippen LogP contribution is -2.57. The van der Waals surface area contributed by atoms with E-state index in [0.717, 1.165) is 16.5 Å². The van der Waals surface area contributed by atoms with Crippen LogP contribution in [0.3, 0.4) is 0 Å². The normalized spacial score (nSPS) is 14.4. The number of hydrogen-bond acceptors (Lipinski definition) is 7. The summed E-state index contributed by atoms with van der Waals surface area (Å²) in [5, 5.41) is 34.4. The van der Waals surface area contributed by atoms with Crippen molar-refractivity contribution < 1.29 is 39.3 Å². The van der Waals surface area contributed by atoms with Crippen molar-refractivity contribution in [3.63, 3.8) is 0 Å². The Morgan fingerprint density at radius 1 is 0.971 bits per heavy atom. The predicted molar refractivity (Wildman–Crippen MR) is 118 cm³/mol. The quantitative estimate of drug-likeness (QED) is 0.170. The second kappa shape index (κ2) is 11.8. The number of carboxylic acid groups (broad SMARTS) is 2. The summed E-state index contributed by atoms with van der Waals surface area (Å²) in [5.74, 6) is -5.53. The van der Waals surface area contributed by atoms with E-state index in [1.807, 2.05) is 29.6 Å². The van der Waals surface area contributed by atoms with E-state index in [4.69, 9.17) is 21.1 Å². The van der Waals surface area contributed by atoms with Crippen LogP contribution >= 0.6 is 0 Å². The molecule has 1 aromatic carbocycles. The van der Waals surface area contributed by atoms with Gasteiger partial charge in [0.1, 0.15) is 18.1 Å². The molecular formula is C21H27N5O8. The van der Waals surface area contributed by atoms with Gasteiger partial charge >= 0.3 is 11.9 Å². The van der Waals surface area contributed by atoms with Crippen LogP contribution in [0, 0.1) is 0 Å². The molecule has 13 heteroatoms. The van der Waals surface area contributed by atoms with E-state index in [2.05, 4.69) is 15.6 Å². The summed E-state index contributed by atoms with van der Waals surface area (Å²) in [7, 11) is 0. The number of aromatic amines is 1. The van der Waals surface area contributed by atoms with Gasteiger partial charge in [0.2, 0.25) is 17.7 Å². The highest BCUT2D eigenvalue weighted by atomic mass is 16.4. The molecule has 1 heterocycles. The zero-order valence-corrected chi connectivity index (χ0v) is 18.3. The van der Waals surface area contributed by atoms with Gasteiger partial charge < -0.3 is 42.0 Å². The molecule has 2 rings (SSSR count). The monoisotopic (exact) mass is 477 g/mol. The number of para-hydroxylation sites is 1. The molecule has 1 aromatic heterocycles. The Morgan fingerprint density at radius 2 is 1.62 bits per heavy atom. The Labute approximate surface area is 193 Å². The maximum Gasteiger partial charge on any atom is 0.328 e. The number of aromatic nitrogens is 1. The average molecular weight is 477 g/mol. The van der Waals surface area contributed by atoms with Gasteiger partial charge in [-0.15, -0.1) is 0 Å². The van der Waals surface area contributed by atoms with Crippen LogP contribution in [-0.2, 0) is 30.4 Å². The highest BCUT2D eigenvalue weighted by Gasteiger charge is 2.29. The Kier molecular flexibility index (Phi) is 9.10. The van der Waals surface area contributed by atoms with Crippen molar-refractivity contribution in [1.29, 1.82) is 0 Å². The standard InChI is InChI=1S/C21H27N5O8/c1-10(18(30)26-16(9-27)21(33)34)24-20(32)15(7-17(28)29)25-19(31)13(22)6-11-8-23-14-5-3-2-4-12(11)14/h2-5,8,10,13,15-16,23,27H,6-7,9,22H2,1H3,(H,24,32)(H,25,31)(H,26,30)(H,28,29)(H,33,34). The fourth-order valence-electron chi connectivity index (χ4n) is 3.15. The fourth-order valence-corrected chi connectivity index (χ4v) is 3.15. The number of benzene rings is 1. The highest BCUT2D eigenvalue weighted by molar-refractivity contribution is 5.95. The number of H-pyrrole nitrogens is 1. The first kappa shape index (κ1) is 26.3. The maximum absolute atomic E-state index is 12.6. The van der Waals surface area contributed by atoms with E-state index in [1.54, 1.807) is 6.20 Å². The zero-order chi connectivity index (χ0) is 25.4. The number of nitrogens with two attached hydrogens (primary N) is 1. The number of hydrogen-bond donors (Lipinski definition) is 8. The third-order valence-corrected chi connectivity index (χ3v) is 5.01. The average Bonchev–Trinajstić information content (AvgIpc) is 3.18. The lowest BCUT2D eigenvalue weighted by molar-refractivity contribution is -0.144. The first-order chi connectivity index (χ1) is 16.0. The van der Waals surface area contributed by atoms with Gasteiger partial charge in [-0.1, -0.05) is 18.2 Å². The molecule has 34 heavy (non-hydrogen) atoms. The van der Waals surface area contributed by atoms with Crippen molar-refractivity contribution in [2.75, 3.05) is 6.61 Å². The summed E-state index contributed by atoms with van der Waals surface area (Å²) < 4.78 is 0. The summed E-state index contributed by atoms with van der Waals surface area (Å²) in [5.41, 5.74) is 7.60. The fraction of sp³-hybridized carbons (Fsp3) is 0.381. The molecule has 13 nitrogen and oxygen atoms in total. The van der Waals surface area contributed by atoms with Crippen LogP contribution in [0.1, 0.15) is 18.9 Å². The first-order valence-electron chi connectivity index (χ1n) is 10.3. The molecule has 0 saturated heterocycles. The minimum absolute atomic E-state index is 0.119. The molecule has 0 bridgehead atoms. The number of carboxylic acids is 2. The second-order valence-electron chi connectivity index (χ2n) is 7.64. The Balaban J connectivity index is 2.02. The van der Waals surface area contributed by atoms with Crippen molar-refractivity contribution in [1.82, 2.24) is 20.9 Å². The van der Waals surface area contributed by atoms with Crippen molar-refractivity contribution in [2.45, 2.75) is 43.9 Å². The molecule has 4 unspecified atom stereocenters. The van der Waals surface area contributed by atoms with Crippen LogP contribution < -0.4 is 21.7 Å². The van der Waals surface area contributed by atoms with E-state index in [0.29, 0.717) is 0 Å². The van der Waals surface area contributed by atoms with Crippen molar-refractivity contribution >= 4 is 40.6 Å². The van der Waals surface area contributed by atoms with Gasteiger partial charge in [-0.3, -0.25) is 19.2 Å². The number of nitrogens with one attached hydrogen (secondary N) is 4. The Morgan fingerprint density at radius 3 is 2.24 bits per heavy atom. The van der Waals surface area contributed by atoms with Crippen LogP contribution in [0.5, 0.6) is 0 Å². The minimum atomic E-state index is -1.58. The highest BCUT2D eigenvalue weighted by Crippen LogP contribution is 2.18. The van der Waals surface area contributed by atoms with Crippen molar-refractivity contribution in [3.05, 3.63) is 36.0 Å². The van der Waals surface area contributed by atoms with Crippen LogP contribution in [0.2, 0.25) is 0 Å². The molecule has 0 spiro atoms. The number of rotatable bonds is 12. The van der Waals surface area contributed by atoms with E-state index < -0.39 is 66.9 Å². The van der Waals surface area contributed by atoms with Crippen LogP contribution in [0.4, 0.5) is 0 Å². The molecule has 0 radical (unpaired) electrons. The number of aliphatic hydroxyl groups excluding tert-OH is 1. The summed E-state index contributed by atoms with van der Waals surface area (Å²) in [6.45, 7) is 0.361. The minimum Gasteiger partial charge on any atom is -0.481 e.